The number of hydrogen-bond donors (Lipinski definition) is 1. The number of nitrogens with zero attached hydrogens (tertiary/aromatic N) is 1. The SMILES string of the molecule is O=C(O)c1ccncc1-c1cscc1Br. The van der Waals surface area contributed by atoms with E-state index in [0.29, 0.717) is 5.56 Å². The summed E-state index contributed by atoms with van der Waals surface area (Å²) >= 11 is 4.89. The predicted molar refractivity (Wildman–Crippen MR) is 62.2 cm³/mol. The van der Waals surface area contributed by atoms with Crippen molar-refractivity contribution in [2.75, 3.05) is 0 Å². The van der Waals surface area contributed by atoms with Gasteiger partial charge in [-0.1, -0.05) is 0 Å². The topological polar surface area (TPSA) is 50.2 Å². The molecule has 2 heterocycles. The summed E-state index contributed by atoms with van der Waals surface area (Å²) < 4.78 is 0.892. The van der Waals surface area contributed by atoms with Crippen molar-refractivity contribution in [1.82, 2.24) is 4.98 Å². The molecule has 3 nitrogen and oxygen atoms in total. The van der Waals surface area contributed by atoms with Crippen LogP contribution in [0.15, 0.2) is 33.7 Å². The fourth-order valence-corrected chi connectivity index (χ4v) is 2.78. The zero-order chi connectivity index (χ0) is 10.8. The van der Waals surface area contributed by atoms with Gasteiger partial charge in [0.2, 0.25) is 0 Å². The van der Waals surface area contributed by atoms with Gasteiger partial charge in [0.25, 0.3) is 0 Å². The highest BCUT2D eigenvalue weighted by Gasteiger charge is 2.13. The molecule has 0 aliphatic carbocycles. The Bertz CT molecular complexity index is 510. The lowest BCUT2D eigenvalue weighted by atomic mass is 10.1. The molecule has 0 spiro atoms. The number of halogens is 1. The van der Waals surface area contributed by atoms with Crippen LogP contribution in [0.4, 0.5) is 0 Å². The zero-order valence-corrected chi connectivity index (χ0v) is 9.88. The van der Waals surface area contributed by atoms with Gasteiger partial charge in [0.1, 0.15) is 0 Å². The second-order valence-corrected chi connectivity index (χ2v) is 4.46. The molecule has 2 aromatic rings. The van der Waals surface area contributed by atoms with Crippen molar-refractivity contribution in [2.45, 2.75) is 0 Å². The summed E-state index contributed by atoms with van der Waals surface area (Å²) in [5.41, 5.74) is 1.77. The summed E-state index contributed by atoms with van der Waals surface area (Å²) in [4.78, 5) is 14.9. The third kappa shape index (κ3) is 1.93. The summed E-state index contributed by atoms with van der Waals surface area (Å²) in [6, 6.07) is 1.50. The first-order valence-electron chi connectivity index (χ1n) is 4.09. The van der Waals surface area contributed by atoms with Crippen molar-refractivity contribution in [3.63, 3.8) is 0 Å². The van der Waals surface area contributed by atoms with Gasteiger partial charge in [0.05, 0.1) is 5.56 Å². The molecule has 0 aliphatic rings. The predicted octanol–water partition coefficient (Wildman–Crippen LogP) is 3.27. The minimum absolute atomic E-state index is 0.268. The molecule has 0 unspecified atom stereocenters. The van der Waals surface area contributed by atoms with Gasteiger partial charge in [0, 0.05) is 33.4 Å². The Labute approximate surface area is 98.5 Å². The van der Waals surface area contributed by atoms with E-state index in [2.05, 4.69) is 20.9 Å². The summed E-state index contributed by atoms with van der Waals surface area (Å²) in [6.45, 7) is 0. The molecule has 0 atom stereocenters. The van der Waals surface area contributed by atoms with Gasteiger partial charge < -0.3 is 5.11 Å². The van der Waals surface area contributed by atoms with Crippen molar-refractivity contribution in [3.8, 4) is 11.1 Å². The molecule has 0 aliphatic heterocycles. The van der Waals surface area contributed by atoms with E-state index in [1.54, 1.807) is 6.20 Å². The Morgan fingerprint density at radius 2 is 2.20 bits per heavy atom. The molecule has 0 radical (unpaired) electrons. The highest BCUT2D eigenvalue weighted by Crippen LogP contribution is 2.33. The van der Waals surface area contributed by atoms with E-state index >= 15 is 0 Å². The molecule has 76 valence electrons. The van der Waals surface area contributed by atoms with Crippen molar-refractivity contribution in [2.24, 2.45) is 0 Å². The summed E-state index contributed by atoms with van der Waals surface area (Å²) in [5.74, 6) is -0.939. The number of thiophene rings is 1. The lowest BCUT2D eigenvalue weighted by Gasteiger charge is -2.03. The molecule has 0 aromatic carbocycles. The first-order valence-corrected chi connectivity index (χ1v) is 5.83. The summed E-state index contributed by atoms with van der Waals surface area (Å²) in [5, 5.41) is 12.8. The largest absolute Gasteiger partial charge is 0.478 e. The first kappa shape index (κ1) is 10.3. The number of carbonyl (C=O) groups is 1. The van der Waals surface area contributed by atoms with Gasteiger partial charge >= 0.3 is 5.97 Å². The van der Waals surface area contributed by atoms with Crippen LogP contribution in [0.25, 0.3) is 11.1 Å². The molecule has 15 heavy (non-hydrogen) atoms. The molecule has 0 saturated carbocycles. The molecule has 5 heteroatoms. The van der Waals surface area contributed by atoms with Crippen molar-refractivity contribution >= 4 is 33.2 Å². The molecule has 2 rings (SSSR count). The normalized spacial score (nSPS) is 10.2. The van der Waals surface area contributed by atoms with Crippen LogP contribution in [0, 0.1) is 0 Å². The molecule has 0 bridgehead atoms. The van der Waals surface area contributed by atoms with Gasteiger partial charge in [-0.25, -0.2) is 4.79 Å². The Balaban J connectivity index is 2.63. The van der Waals surface area contributed by atoms with Gasteiger partial charge in [-0.2, -0.15) is 11.3 Å². The van der Waals surface area contributed by atoms with Crippen LogP contribution in [-0.4, -0.2) is 16.1 Å². The lowest BCUT2D eigenvalue weighted by molar-refractivity contribution is 0.0697. The van der Waals surface area contributed by atoms with Gasteiger partial charge in [-0.15, -0.1) is 0 Å². The van der Waals surface area contributed by atoms with Crippen LogP contribution in [-0.2, 0) is 0 Å². The smallest absolute Gasteiger partial charge is 0.336 e. The Morgan fingerprint density at radius 1 is 1.40 bits per heavy atom. The number of rotatable bonds is 2. The van der Waals surface area contributed by atoms with Crippen molar-refractivity contribution in [3.05, 3.63) is 39.3 Å². The number of aromatic carboxylic acids is 1. The van der Waals surface area contributed by atoms with Crippen LogP contribution in [0.1, 0.15) is 10.4 Å². The van der Waals surface area contributed by atoms with E-state index in [4.69, 9.17) is 5.11 Å². The lowest BCUT2D eigenvalue weighted by Crippen LogP contribution is -1.99. The second kappa shape index (κ2) is 4.12. The van der Waals surface area contributed by atoms with E-state index in [-0.39, 0.29) is 5.56 Å². The summed E-state index contributed by atoms with van der Waals surface area (Å²) in [7, 11) is 0. The molecule has 0 saturated heterocycles. The average molecular weight is 284 g/mol. The van der Waals surface area contributed by atoms with Crippen LogP contribution in [0.3, 0.4) is 0 Å². The first-order chi connectivity index (χ1) is 7.20. The van der Waals surface area contributed by atoms with E-state index < -0.39 is 5.97 Å². The highest BCUT2D eigenvalue weighted by atomic mass is 79.9. The fraction of sp³-hybridized carbons (Fsp3) is 0. The maximum absolute atomic E-state index is 11.0. The number of pyridine rings is 1. The summed E-state index contributed by atoms with van der Waals surface area (Å²) in [6.07, 6.45) is 3.05. The zero-order valence-electron chi connectivity index (χ0n) is 7.48. The molecular weight excluding hydrogens is 278 g/mol. The van der Waals surface area contributed by atoms with E-state index in [1.165, 1.54) is 23.6 Å². The quantitative estimate of drug-likeness (QED) is 0.920. The maximum Gasteiger partial charge on any atom is 0.336 e. The van der Waals surface area contributed by atoms with Crippen LogP contribution in [0.2, 0.25) is 0 Å². The van der Waals surface area contributed by atoms with Gasteiger partial charge in [-0.3, -0.25) is 4.98 Å². The number of aromatic nitrogens is 1. The molecule has 0 fully saturated rings. The minimum Gasteiger partial charge on any atom is -0.478 e. The van der Waals surface area contributed by atoms with Gasteiger partial charge in [0.15, 0.2) is 0 Å². The Morgan fingerprint density at radius 3 is 2.80 bits per heavy atom. The van der Waals surface area contributed by atoms with E-state index in [1.807, 2.05) is 10.8 Å². The third-order valence-electron chi connectivity index (χ3n) is 1.96. The highest BCUT2D eigenvalue weighted by molar-refractivity contribution is 9.10. The average Bonchev–Trinajstić information content (AvgIpc) is 2.64. The standard InChI is InChI=1S/C10H6BrNO2S/c11-9-5-15-4-8(9)7-3-12-2-1-6(7)10(13)14/h1-5H,(H,13,14). The third-order valence-corrected chi connectivity index (χ3v) is 3.66. The minimum atomic E-state index is -0.939. The molecular formula is C10H6BrNO2S. The maximum atomic E-state index is 11.0. The monoisotopic (exact) mass is 283 g/mol. The Hall–Kier alpha value is -1.20. The van der Waals surface area contributed by atoms with Crippen LogP contribution >= 0.6 is 27.3 Å². The molecule has 0 amide bonds. The van der Waals surface area contributed by atoms with Crippen LogP contribution < -0.4 is 0 Å². The second-order valence-electron chi connectivity index (χ2n) is 2.86. The number of carboxylic acid groups (broad SMARTS) is 1. The van der Waals surface area contributed by atoms with E-state index in [9.17, 15) is 4.79 Å². The number of carboxylic acids is 1. The molecule has 2 aromatic heterocycles. The van der Waals surface area contributed by atoms with Crippen molar-refractivity contribution in [1.29, 1.82) is 0 Å². The number of hydrogen-bond acceptors (Lipinski definition) is 3. The van der Waals surface area contributed by atoms with Crippen LogP contribution in [0.5, 0.6) is 0 Å². The fourth-order valence-electron chi connectivity index (χ4n) is 1.27. The van der Waals surface area contributed by atoms with E-state index in [0.717, 1.165) is 10.0 Å². The molecule has 1 N–H and O–H groups in total. The van der Waals surface area contributed by atoms with Gasteiger partial charge in [-0.05, 0) is 27.4 Å². The Kier molecular flexibility index (Phi) is 2.83. The van der Waals surface area contributed by atoms with Crippen molar-refractivity contribution < 1.29 is 9.90 Å².